The molecule has 1 aliphatic heterocycles. The Hall–Kier alpha value is -2.48. The maximum absolute atomic E-state index is 13.6. The van der Waals surface area contributed by atoms with Crippen LogP contribution in [0, 0.1) is 11.7 Å². The fraction of sp³-hybridized carbons (Fsp3) is 0.227. The van der Waals surface area contributed by atoms with Crippen molar-refractivity contribution < 1.29 is 17.6 Å². The molecule has 3 aromatic carbocycles. The number of sulfonamides is 1. The highest BCUT2D eigenvalue weighted by Crippen LogP contribution is 2.27. The van der Waals surface area contributed by atoms with Crippen LogP contribution in [0.3, 0.4) is 0 Å². The van der Waals surface area contributed by atoms with Crippen molar-refractivity contribution in [1.82, 2.24) is 4.31 Å². The summed E-state index contributed by atoms with van der Waals surface area (Å²) in [6.45, 7) is 0.504. The molecule has 30 heavy (non-hydrogen) atoms. The van der Waals surface area contributed by atoms with Gasteiger partial charge < -0.3 is 5.32 Å². The zero-order chi connectivity index (χ0) is 21.3. The topological polar surface area (TPSA) is 66.5 Å². The SMILES string of the molecule is O=C(Nc1ccc(Cl)c(F)c1)C1CCN(S(=O)(=O)c2ccc3ccccc3c2)CC1. The zero-order valence-electron chi connectivity index (χ0n) is 16.0. The number of amides is 1. The number of nitrogens with one attached hydrogen (secondary N) is 1. The van der Waals surface area contributed by atoms with Crippen molar-refractivity contribution in [1.29, 1.82) is 0 Å². The first-order chi connectivity index (χ1) is 14.3. The average Bonchev–Trinajstić information content (AvgIpc) is 2.76. The predicted molar refractivity (Wildman–Crippen MR) is 115 cm³/mol. The standard InChI is InChI=1S/C22H20ClFN2O3S/c23-20-8-6-18(14-21(20)24)25-22(27)16-9-11-26(12-10-16)30(28,29)19-7-5-15-3-1-2-4-17(15)13-19/h1-8,13-14,16H,9-12H2,(H,25,27). The van der Waals surface area contributed by atoms with E-state index in [1.54, 1.807) is 18.2 Å². The molecule has 5 nitrogen and oxygen atoms in total. The molecule has 1 amide bonds. The van der Waals surface area contributed by atoms with E-state index in [-0.39, 0.29) is 34.8 Å². The van der Waals surface area contributed by atoms with Crippen LogP contribution in [0.1, 0.15) is 12.8 Å². The van der Waals surface area contributed by atoms with E-state index in [1.807, 2.05) is 24.3 Å². The van der Waals surface area contributed by atoms with Gasteiger partial charge in [0, 0.05) is 24.7 Å². The van der Waals surface area contributed by atoms with E-state index < -0.39 is 15.8 Å². The summed E-state index contributed by atoms with van der Waals surface area (Å²) in [6, 6.07) is 16.8. The molecule has 0 radical (unpaired) electrons. The molecule has 0 unspecified atom stereocenters. The molecule has 0 atom stereocenters. The third-order valence-corrected chi connectivity index (χ3v) is 7.57. The molecular weight excluding hydrogens is 427 g/mol. The summed E-state index contributed by atoms with van der Waals surface area (Å²) in [7, 11) is -3.63. The number of hydrogen-bond acceptors (Lipinski definition) is 3. The number of halogens is 2. The van der Waals surface area contributed by atoms with Crippen LogP contribution in [0.4, 0.5) is 10.1 Å². The third kappa shape index (κ3) is 4.19. The first-order valence-electron chi connectivity index (χ1n) is 9.59. The van der Waals surface area contributed by atoms with Crippen LogP contribution in [-0.2, 0) is 14.8 Å². The quantitative estimate of drug-likeness (QED) is 0.633. The Morgan fingerprint density at radius 3 is 2.40 bits per heavy atom. The van der Waals surface area contributed by atoms with Gasteiger partial charge in [0.15, 0.2) is 0 Å². The third-order valence-electron chi connectivity index (χ3n) is 5.37. The molecule has 0 saturated carbocycles. The number of carbonyl (C=O) groups excluding carboxylic acids is 1. The van der Waals surface area contributed by atoms with Gasteiger partial charge >= 0.3 is 0 Å². The number of nitrogens with zero attached hydrogens (tertiary/aromatic N) is 1. The minimum absolute atomic E-state index is 0.0137. The molecular formula is C22H20ClFN2O3S. The molecule has 1 fully saturated rings. The molecule has 1 N–H and O–H groups in total. The van der Waals surface area contributed by atoms with Gasteiger partial charge in [-0.15, -0.1) is 0 Å². The summed E-state index contributed by atoms with van der Waals surface area (Å²) in [5.74, 6) is -1.20. The zero-order valence-corrected chi connectivity index (χ0v) is 17.6. The molecule has 0 bridgehead atoms. The maximum Gasteiger partial charge on any atom is 0.243 e. The smallest absolute Gasteiger partial charge is 0.243 e. The highest BCUT2D eigenvalue weighted by Gasteiger charge is 2.32. The highest BCUT2D eigenvalue weighted by molar-refractivity contribution is 7.89. The summed E-state index contributed by atoms with van der Waals surface area (Å²) in [5, 5.41) is 4.51. The van der Waals surface area contributed by atoms with Gasteiger partial charge in [-0.2, -0.15) is 4.31 Å². The van der Waals surface area contributed by atoms with E-state index in [0.29, 0.717) is 18.5 Å². The lowest BCUT2D eigenvalue weighted by atomic mass is 9.97. The van der Waals surface area contributed by atoms with E-state index in [4.69, 9.17) is 11.6 Å². The summed E-state index contributed by atoms with van der Waals surface area (Å²) in [5.41, 5.74) is 0.327. The van der Waals surface area contributed by atoms with E-state index in [2.05, 4.69) is 5.32 Å². The molecule has 1 aliphatic rings. The number of carbonyl (C=O) groups is 1. The molecule has 1 heterocycles. The normalized spacial score (nSPS) is 15.9. The van der Waals surface area contributed by atoms with E-state index >= 15 is 0 Å². The van der Waals surface area contributed by atoms with Gasteiger partial charge in [0.1, 0.15) is 5.82 Å². The van der Waals surface area contributed by atoms with E-state index in [1.165, 1.54) is 22.5 Å². The number of fused-ring (bicyclic) bond motifs is 1. The Labute approximate surface area is 179 Å². The molecule has 0 aromatic heterocycles. The Morgan fingerprint density at radius 1 is 1.00 bits per heavy atom. The van der Waals surface area contributed by atoms with Crippen LogP contribution in [0.25, 0.3) is 10.8 Å². The minimum Gasteiger partial charge on any atom is -0.326 e. The molecule has 156 valence electrons. The molecule has 0 spiro atoms. The number of hydrogen-bond donors (Lipinski definition) is 1. The summed E-state index contributed by atoms with van der Waals surface area (Å²) < 4.78 is 41.1. The van der Waals surface area contributed by atoms with Crippen molar-refractivity contribution in [2.75, 3.05) is 18.4 Å². The monoisotopic (exact) mass is 446 g/mol. The lowest BCUT2D eigenvalue weighted by molar-refractivity contribution is -0.120. The first kappa shape index (κ1) is 20.8. The molecule has 3 aromatic rings. The number of anilines is 1. The Kier molecular flexibility index (Phi) is 5.77. The average molecular weight is 447 g/mol. The second kappa shape index (κ2) is 8.34. The van der Waals surface area contributed by atoms with Gasteiger partial charge in [-0.1, -0.05) is 41.9 Å². The maximum atomic E-state index is 13.6. The Bertz CT molecular complexity index is 1210. The van der Waals surface area contributed by atoms with Crippen molar-refractivity contribution in [3.63, 3.8) is 0 Å². The van der Waals surface area contributed by atoms with Gasteiger partial charge in [0.25, 0.3) is 0 Å². The number of piperidine rings is 1. The Morgan fingerprint density at radius 2 is 1.70 bits per heavy atom. The van der Waals surface area contributed by atoms with Gasteiger partial charge in [0.2, 0.25) is 15.9 Å². The fourth-order valence-electron chi connectivity index (χ4n) is 3.65. The van der Waals surface area contributed by atoms with Crippen molar-refractivity contribution in [2.45, 2.75) is 17.7 Å². The second-order valence-electron chi connectivity index (χ2n) is 7.31. The summed E-state index contributed by atoms with van der Waals surface area (Å²) >= 11 is 5.66. The number of benzene rings is 3. The Balaban J connectivity index is 1.42. The van der Waals surface area contributed by atoms with Crippen molar-refractivity contribution >= 4 is 44.0 Å². The van der Waals surface area contributed by atoms with Gasteiger partial charge in [-0.25, -0.2) is 12.8 Å². The van der Waals surface area contributed by atoms with Crippen molar-refractivity contribution in [3.05, 3.63) is 71.5 Å². The van der Waals surface area contributed by atoms with Crippen LogP contribution >= 0.6 is 11.6 Å². The first-order valence-corrected chi connectivity index (χ1v) is 11.4. The van der Waals surface area contributed by atoms with Gasteiger partial charge in [-0.3, -0.25) is 4.79 Å². The van der Waals surface area contributed by atoms with Crippen LogP contribution in [0.15, 0.2) is 65.6 Å². The van der Waals surface area contributed by atoms with Gasteiger partial charge in [0.05, 0.1) is 9.92 Å². The van der Waals surface area contributed by atoms with Crippen LogP contribution in [0.5, 0.6) is 0 Å². The highest BCUT2D eigenvalue weighted by atomic mass is 35.5. The second-order valence-corrected chi connectivity index (χ2v) is 9.65. The van der Waals surface area contributed by atoms with Gasteiger partial charge in [-0.05, 0) is 53.9 Å². The largest absolute Gasteiger partial charge is 0.326 e. The molecule has 0 aliphatic carbocycles. The summed E-state index contributed by atoms with van der Waals surface area (Å²) in [4.78, 5) is 12.8. The molecule has 8 heteroatoms. The lowest BCUT2D eigenvalue weighted by Crippen LogP contribution is -2.41. The number of rotatable bonds is 4. The van der Waals surface area contributed by atoms with E-state index in [9.17, 15) is 17.6 Å². The minimum atomic E-state index is -3.63. The van der Waals surface area contributed by atoms with Crippen LogP contribution in [0.2, 0.25) is 5.02 Å². The molecule has 1 saturated heterocycles. The van der Waals surface area contributed by atoms with Crippen LogP contribution in [-0.4, -0.2) is 31.7 Å². The van der Waals surface area contributed by atoms with Crippen molar-refractivity contribution in [2.24, 2.45) is 5.92 Å². The lowest BCUT2D eigenvalue weighted by Gasteiger charge is -2.30. The van der Waals surface area contributed by atoms with Crippen molar-refractivity contribution in [3.8, 4) is 0 Å². The fourth-order valence-corrected chi connectivity index (χ4v) is 5.28. The summed E-state index contributed by atoms with van der Waals surface area (Å²) in [6.07, 6.45) is 0.795. The predicted octanol–water partition coefficient (Wildman–Crippen LogP) is 4.67. The molecule has 4 rings (SSSR count). The van der Waals surface area contributed by atoms with Crippen LogP contribution < -0.4 is 5.32 Å². The van der Waals surface area contributed by atoms with E-state index in [0.717, 1.165) is 10.8 Å².